The molecule has 2 heterocycles. The van der Waals surface area contributed by atoms with Crippen LogP contribution in [0.5, 0.6) is 0 Å². The molecule has 0 aliphatic carbocycles. The second-order valence-corrected chi connectivity index (χ2v) is 8.51. The molecule has 1 saturated heterocycles. The van der Waals surface area contributed by atoms with Crippen LogP contribution >= 0.6 is 0 Å². The van der Waals surface area contributed by atoms with E-state index in [4.69, 9.17) is 0 Å². The van der Waals surface area contributed by atoms with Crippen molar-refractivity contribution in [1.29, 1.82) is 0 Å². The van der Waals surface area contributed by atoms with Crippen molar-refractivity contribution in [3.05, 3.63) is 41.2 Å². The Morgan fingerprint density at radius 1 is 1.15 bits per heavy atom. The highest BCUT2D eigenvalue weighted by Gasteiger charge is 2.27. The summed E-state index contributed by atoms with van der Waals surface area (Å²) in [5.74, 6) is 1.01. The number of aryl methyl sites for hydroxylation is 1. The minimum Gasteiger partial charge on any atom is -0.353 e. The number of aromatic nitrogens is 4. The molecule has 1 aliphatic rings. The van der Waals surface area contributed by atoms with Crippen molar-refractivity contribution in [1.82, 2.24) is 30.4 Å². The van der Waals surface area contributed by atoms with E-state index in [0.29, 0.717) is 6.54 Å². The predicted molar refractivity (Wildman–Crippen MR) is 104 cm³/mol. The van der Waals surface area contributed by atoms with Crippen molar-refractivity contribution >= 4 is 5.91 Å². The summed E-state index contributed by atoms with van der Waals surface area (Å²) in [7, 11) is 0. The van der Waals surface area contributed by atoms with Crippen molar-refractivity contribution in [2.45, 2.75) is 59.7 Å². The van der Waals surface area contributed by atoms with Crippen LogP contribution in [0.25, 0.3) is 0 Å². The number of hydrogen-bond donors (Lipinski definition) is 1. The molecule has 1 aromatic heterocycles. The van der Waals surface area contributed by atoms with Crippen molar-refractivity contribution < 1.29 is 4.79 Å². The largest absolute Gasteiger partial charge is 0.353 e. The molecule has 0 spiro atoms. The summed E-state index contributed by atoms with van der Waals surface area (Å²) in [5.41, 5.74) is 2.10. The number of carbonyl (C=O) groups is 1. The van der Waals surface area contributed by atoms with E-state index in [1.807, 2.05) is 25.5 Å². The van der Waals surface area contributed by atoms with E-state index in [1.165, 1.54) is 11.1 Å². The third-order valence-corrected chi connectivity index (χ3v) is 5.03. The number of tetrazole rings is 1. The summed E-state index contributed by atoms with van der Waals surface area (Å²) < 4.78 is 1.87. The lowest BCUT2D eigenvalue weighted by atomic mass is 9.94. The molecule has 7 heteroatoms. The topological polar surface area (TPSA) is 75.9 Å². The molecular formula is C20H30N6O. The molecule has 1 N–H and O–H groups in total. The molecule has 0 saturated carbocycles. The summed E-state index contributed by atoms with van der Waals surface area (Å²) in [6.45, 7) is 11.2. The number of nitrogens with one attached hydrogen (secondary N) is 1. The maximum Gasteiger partial charge on any atom is 0.225 e. The molecular weight excluding hydrogens is 340 g/mol. The average Bonchev–Trinajstić information content (AvgIpc) is 3.04. The van der Waals surface area contributed by atoms with E-state index in [0.717, 1.165) is 38.3 Å². The number of benzene rings is 1. The minimum atomic E-state index is -0.338. The van der Waals surface area contributed by atoms with Crippen LogP contribution in [0.1, 0.15) is 50.6 Å². The van der Waals surface area contributed by atoms with E-state index >= 15 is 0 Å². The first-order valence-electron chi connectivity index (χ1n) is 9.65. The summed E-state index contributed by atoms with van der Waals surface area (Å²) in [6.07, 6.45) is 1.92. The van der Waals surface area contributed by atoms with Gasteiger partial charge >= 0.3 is 0 Å². The van der Waals surface area contributed by atoms with Crippen LogP contribution in [-0.4, -0.2) is 50.1 Å². The fourth-order valence-electron chi connectivity index (χ4n) is 3.16. The number of carbonyl (C=O) groups excluding carboxylic acids is 1. The SMILES string of the molecule is Cc1ccc(Cn2nnnc2CN2CCC(NC(=O)C(C)(C)C)CC2)cc1. The van der Waals surface area contributed by atoms with Gasteiger partial charge in [0.15, 0.2) is 5.82 Å². The van der Waals surface area contributed by atoms with Crippen LogP contribution in [-0.2, 0) is 17.9 Å². The summed E-state index contributed by atoms with van der Waals surface area (Å²) >= 11 is 0. The number of amides is 1. The van der Waals surface area contributed by atoms with Gasteiger partial charge in [-0.2, -0.15) is 0 Å². The zero-order valence-electron chi connectivity index (χ0n) is 16.8. The molecule has 0 unspecified atom stereocenters. The van der Waals surface area contributed by atoms with E-state index in [9.17, 15) is 4.79 Å². The molecule has 2 aromatic rings. The van der Waals surface area contributed by atoms with Gasteiger partial charge in [-0.3, -0.25) is 9.69 Å². The Hall–Kier alpha value is -2.28. The van der Waals surface area contributed by atoms with Crippen molar-refractivity contribution in [2.24, 2.45) is 5.41 Å². The first kappa shape index (κ1) is 19.5. The van der Waals surface area contributed by atoms with Gasteiger partial charge in [0, 0.05) is 24.5 Å². The Labute approximate surface area is 161 Å². The normalized spacial score (nSPS) is 16.4. The van der Waals surface area contributed by atoms with Crippen LogP contribution < -0.4 is 5.32 Å². The molecule has 1 amide bonds. The van der Waals surface area contributed by atoms with Gasteiger partial charge in [-0.05, 0) is 35.8 Å². The highest BCUT2D eigenvalue weighted by molar-refractivity contribution is 5.81. The van der Waals surface area contributed by atoms with Gasteiger partial charge in [-0.15, -0.1) is 5.10 Å². The van der Waals surface area contributed by atoms with E-state index in [2.05, 4.69) is 56.9 Å². The number of hydrogen-bond acceptors (Lipinski definition) is 5. The summed E-state index contributed by atoms with van der Waals surface area (Å²) in [4.78, 5) is 14.5. The van der Waals surface area contributed by atoms with E-state index < -0.39 is 0 Å². The standard InChI is InChI=1S/C20H30N6O/c1-15-5-7-16(8-6-15)13-26-18(22-23-24-26)14-25-11-9-17(10-12-25)21-19(27)20(2,3)4/h5-8,17H,9-14H2,1-4H3,(H,21,27). The van der Waals surface area contributed by atoms with E-state index in [1.54, 1.807) is 0 Å². The molecule has 0 radical (unpaired) electrons. The summed E-state index contributed by atoms with van der Waals surface area (Å²) in [5, 5.41) is 15.4. The number of nitrogens with zero attached hydrogens (tertiary/aromatic N) is 5. The highest BCUT2D eigenvalue weighted by atomic mass is 16.2. The van der Waals surface area contributed by atoms with Gasteiger partial charge in [0.2, 0.25) is 5.91 Å². The lowest BCUT2D eigenvalue weighted by Gasteiger charge is -2.33. The molecule has 3 rings (SSSR count). The van der Waals surface area contributed by atoms with Crippen LogP contribution in [0.3, 0.4) is 0 Å². The maximum absolute atomic E-state index is 12.2. The third kappa shape index (κ3) is 5.35. The number of likely N-dealkylation sites (tertiary alicyclic amines) is 1. The Morgan fingerprint density at radius 3 is 2.44 bits per heavy atom. The monoisotopic (exact) mass is 370 g/mol. The molecule has 7 nitrogen and oxygen atoms in total. The molecule has 146 valence electrons. The predicted octanol–water partition coefficient (Wildman–Crippen LogP) is 2.16. The second kappa shape index (κ2) is 8.17. The van der Waals surface area contributed by atoms with Crippen LogP contribution in [0.15, 0.2) is 24.3 Å². The van der Waals surface area contributed by atoms with Gasteiger partial charge in [0.25, 0.3) is 0 Å². The molecule has 1 fully saturated rings. The fourth-order valence-corrected chi connectivity index (χ4v) is 3.16. The smallest absolute Gasteiger partial charge is 0.225 e. The molecule has 1 aliphatic heterocycles. The Morgan fingerprint density at radius 2 is 1.81 bits per heavy atom. The van der Waals surface area contributed by atoms with E-state index in [-0.39, 0.29) is 17.4 Å². The Bertz CT molecular complexity index is 754. The minimum absolute atomic E-state index is 0.128. The zero-order valence-corrected chi connectivity index (χ0v) is 16.8. The van der Waals surface area contributed by atoms with Gasteiger partial charge in [0.05, 0.1) is 13.1 Å². The Kier molecular flexibility index (Phi) is 5.89. The van der Waals surface area contributed by atoms with Gasteiger partial charge in [-0.25, -0.2) is 4.68 Å². The summed E-state index contributed by atoms with van der Waals surface area (Å²) in [6, 6.07) is 8.71. The van der Waals surface area contributed by atoms with Crippen molar-refractivity contribution in [2.75, 3.05) is 13.1 Å². The number of rotatable bonds is 5. The Balaban J connectivity index is 1.52. The average molecular weight is 371 g/mol. The quantitative estimate of drug-likeness (QED) is 0.873. The fraction of sp³-hybridized carbons (Fsp3) is 0.600. The molecule has 1 aromatic carbocycles. The molecule has 0 atom stereocenters. The van der Waals surface area contributed by atoms with Gasteiger partial charge < -0.3 is 5.32 Å². The maximum atomic E-state index is 12.2. The molecule has 27 heavy (non-hydrogen) atoms. The lowest BCUT2D eigenvalue weighted by molar-refractivity contribution is -0.129. The first-order valence-corrected chi connectivity index (χ1v) is 9.65. The zero-order chi connectivity index (χ0) is 19.4. The number of piperidine rings is 1. The van der Waals surface area contributed by atoms with Crippen molar-refractivity contribution in [3.63, 3.8) is 0 Å². The van der Waals surface area contributed by atoms with Crippen LogP contribution in [0, 0.1) is 12.3 Å². The van der Waals surface area contributed by atoms with Crippen molar-refractivity contribution in [3.8, 4) is 0 Å². The van der Waals surface area contributed by atoms with Gasteiger partial charge in [-0.1, -0.05) is 50.6 Å². The second-order valence-electron chi connectivity index (χ2n) is 8.51. The van der Waals surface area contributed by atoms with Crippen LogP contribution in [0.4, 0.5) is 0 Å². The first-order chi connectivity index (χ1) is 12.8. The molecule has 0 bridgehead atoms. The van der Waals surface area contributed by atoms with Gasteiger partial charge in [0.1, 0.15) is 0 Å². The lowest BCUT2D eigenvalue weighted by Crippen LogP contribution is -2.47. The third-order valence-electron chi connectivity index (χ3n) is 5.03. The van der Waals surface area contributed by atoms with Crippen LogP contribution in [0.2, 0.25) is 0 Å². The highest BCUT2D eigenvalue weighted by Crippen LogP contribution is 2.17.